The quantitative estimate of drug-likeness (QED) is 0.906. The fourth-order valence-electron chi connectivity index (χ4n) is 2.25. The highest BCUT2D eigenvalue weighted by atomic mass is 19.1. The molecule has 1 aliphatic rings. The summed E-state index contributed by atoms with van der Waals surface area (Å²) in [5, 5.41) is 0. The van der Waals surface area contributed by atoms with E-state index < -0.39 is 11.6 Å². The molecular formula is C14H18F2N2O. The van der Waals surface area contributed by atoms with E-state index in [9.17, 15) is 13.6 Å². The summed E-state index contributed by atoms with van der Waals surface area (Å²) in [6.45, 7) is 2.26. The normalized spacial score (nSPS) is 23.0. The van der Waals surface area contributed by atoms with Crippen LogP contribution in [0.1, 0.15) is 24.8 Å². The molecule has 5 heteroatoms. The Hall–Kier alpha value is -1.49. The summed E-state index contributed by atoms with van der Waals surface area (Å²) >= 11 is 0. The Morgan fingerprint density at radius 3 is 2.79 bits per heavy atom. The van der Waals surface area contributed by atoms with Crippen LogP contribution in [0.3, 0.4) is 0 Å². The zero-order chi connectivity index (χ0) is 14.2. The number of nitrogens with zero attached hydrogens (tertiary/aromatic N) is 1. The molecule has 0 aliphatic heterocycles. The van der Waals surface area contributed by atoms with Gasteiger partial charge in [0.25, 0.3) is 0 Å². The van der Waals surface area contributed by atoms with Gasteiger partial charge in [0.1, 0.15) is 11.6 Å². The first-order chi connectivity index (χ1) is 8.95. The summed E-state index contributed by atoms with van der Waals surface area (Å²) in [6, 6.07) is 3.48. The number of halogens is 2. The topological polar surface area (TPSA) is 46.3 Å². The number of amides is 1. The summed E-state index contributed by atoms with van der Waals surface area (Å²) in [5.41, 5.74) is 5.95. The third-order valence-electron chi connectivity index (χ3n) is 3.82. The number of nitrogens with two attached hydrogens (primary N) is 1. The van der Waals surface area contributed by atoms with Crippen molar-refractivity contribution >= 4 is 5.91 Å². The van der Waals surface area contributed by atoms with E-state index in [1.807, 2.05) is 6.92 Å². The minimum absolute atomic E-state index is 0.0216. The Morgan fingerprint density at radius 2 is 2.21 bits per heavy atom. The molecule has 1 aliphatic carbocycles. The van der Waals surface area contributed by atoms with Crippen LogP contribution in [0.5, 0.6) is 0 Å². The molecular weight excluding hydrogens is 250 g/mol. The van der Waals surface area contributed by atoms with Gasteiger partial charge in [-0.1, -0.05) is 6.07 Å². The van der Waals surface area contributed by atoms with Gasteiger partial charge in [-0.2, -0.15) is 0 Å². The molecule has 0 spiro atoms. The summed E-state index contributed by atoms with van der Waals surface area (Å²) in [7, 11) is 1.70. The standard InChI is InChI=1S/C14H18F2N2O/c1-8(7-17)18(2)14(19)12-6-11(12)10-4-3-9(15)5-13(10)16/h3-5,8,11-12H,6-7,17H2,1-2H3. The molecule has 0 heterocycles. The van der Waals surface area contributed by atoms with Gasteiger partial charge in [-0.15, -0.1) is 0 Å². The molecule has 2 rings (SSSR count). The monoisotopic (exact) mass is 268 g/mol. The lowest BCUT2D eigenvalue weighted by Crippen LogP contribution is -2.40. The highest BCUT2D eigenvalue weighted by Crippen LogP contribution is 2.49. The van der Waals surface area contributed by atoms with Gasteiger partial charge >= 0.3 is 0 Å². The Kier molecular flexibility index (Phi) is 3.85. The number of rotatable bonds is 4. The Morgan fingerprint density at radius 1 is 1.53 bits per heavy atom. The van der Waals surface area contributed by atoms with Crippen molar-refractivity contribution in [1.29, 1.82) is 0 Å². The number of carbonyl (C=O) groups excluding carboxylic acids is 1. The van der Waals surface area contributed by atoms with Gasteiger partial charge in [-0.3, -0.25) is 4.79 Å². The van der Waals surface area contributed by atoms with Crippen LogP contribution in [0.4, 0.5) is 8.78 Å². The number of hydrogen-bond donors (Lipinski definition) is 1. The lowest BCUT2D eigenvalue weighted by Gasteiger charge is -2.23. The van der Waals surface area contributed by atoms with Gasteiger partial charge in [0.05, 0.1) is 0 Å². The second-order valence-corrected chi connectivity index (χ2v) is 5.15. The summed E-state index contributed by atoms with van der Waals surface area (Å²) < 4.78 is 26.5. The molecule has 1 aromatic carbocycles. The van der Waals surface area contributed by atoms with Crippen LogP contribution in [0.25, 0.3) is 0 Å². The molecule has 1 aromatic rings. The molecule has 3 unspecified atom stereocenters. The van der Waals surface area contributed by atoms with E-state index in [4.69, 9.17) is 5.73 Å². The van der Waals surface area contributed by atoms with Crippen molar-refractivity contribution < 1.29 is 13.6 Å². The zero-order valence-corrected chi connectivity index (χ0v) is 11.1. The van der Waals surface area contributed by atoms with Crippen molar-refractivity contribution in [2.45, 2.75) is 25.3 Å². The van der Waals surface area contributed by atoms with E-state index >= 15 is 0 Å². The third-order valence-corrected chi connectivity index (χ3v) is 3.82. The summed E-state index contributed by atoms with van der Waals surface area (Å²) in [4.78, 5) is 13.7. The molecule has 2 N–H and O–H groups in total. The molecule has 0 saturated heterocycles. The average molecular weight is 268 g/mol. The predicted octanol–water partition coefficient (Wildman–Crippen LogP) is 1.87. The van der Waals surface area contributed by atoms with E-state index in [-0.39, 0.29) is 23.8 Å². The van der Waals surface area contributed by atoms with Crippen LogP contribution in [0, 0.1) is 17.6 Å². The number of carbonyl (C=O) groups is 1. The number of hydrogen-bond acceptors (Lipinski definition) is 2. The van der Waals surface area contributed by atoms with Crippen LogP contribution >= 0.6 is 0 Å². The first kappa shape index (κ1) is 13.9. The van der Waals surface area contributed by atoms with Crippen molar-refractivity contribution in [1.82, 2.24) is 4.90 Å². The molecule has 0 aromatic heterocycles. The molecule has 104 valence electrons. The molecule has 19 heavy (non-hydrogen) atoms. The maximum Gasteiger partial charge on any atom is 0.226 e. The highest BCUT2D eigenvalue weighted by molar-refractivity contribution is 5.83. The van der Waals surface area contributed by atoms with Crippen molar-refractivity contribution in [2.75, 3.05) is 13.6 Å². The second-order valence-electron chi connectivity index (χ2n) is 5.15. The Balaban J connectivity index is 2.06. The summed E-state index contributed by atoms with van der Waals surface area (Å²) in [6.07, 6.45) is 0.614. The van der Waals surface area contributed by atoms with Crippen LogP contribution < -0.4 is 5.73 Å². The van der Waals surface area contributed by atoms with Crippen molar-refractivity contribution in [3.8, 4) is 0 Å². The fraction of sp³-hybridized carbons (Fsp3) is 0.500. The smallest absolute Gasteiger partial charge is 0.226 e. The van der Waals surface area contributed by atoms with E-state index in [1.165, 1.54) is 12.1 Å². The van der Waals surface area contributed by atoms with Crippen molar-refractivity contribution in [3.05, 3.63) is 35.4 Å². The average Bonchev–Trinajstić information content (AvgIpc) is 3.16. The zero-order valence-electron chi connectivity index (χ0n) is 11.1. The van der Waals surface area contributed by atoms with Crippen LogP contribution in [-0.2, 0) is 4.79 Å². The fourth-order valence-corrected chi connectivity index (χ4v) is 2.25. The van der Waals surface area contributed by atoms with Gasteiger partial charge in [-0.05, 0) is 30.9 Å². The predicted molar refractivity (Wildman–Crippen MR) is 68.5 cm³/mol. The maximum atomic E-state index is 13.6. The minimum atomic E-state index is -0.598. The number of benzene rings is 1. The van der Waals surface area contributed by atoms with Crippen LogP contribution in [0.2, 0.25) is 0 Å². The van der Waals surface area contributed by atoms with Gasteiger partial charge in [0.2, 0.25) is 5.91 Å². The number of likely N-dealkylation sites (N-methyl/N-ethyl adjacent to an activating group) is 1. The van der Waals surface area contributed by atoms with Gasteiger partial charge < -0.3 is 10.6 Å². The SMILES string of the molecule is CC(CN)N(C)C(=O)C1CC1c1ccc(F)cc1F. The lowest BCUT2D eigenvalue weighted by molar-refractivity contribution is -0.133. The molecule has 0 bridgehead atoms. The van der Waals surface area contributed by atoms with E-state index in [0.29, 0.717) is 18.5 Å². The third kappa shape index (κ3) is 2.76. The van der Waals surface area contributed by atoms with Crippen LogP contribution in [0.15, 0.2) is 18.2 Å². The molecule has 1 fully saturated rings. The summed E-state index contributed by atoms with van der Waals surface area (Å²) in [5.74, 6) is -1.54. The van der Waals surface area contributed by atoms with E-state index in [0.717, 1.165) is 6.07 Å². The van der Waals surface area contributed by atoms with E-state index in [1.54, 1.807) is 11.9 Å². The van der Waals surface area contributed by atoms with E-state index in [2.05, 4.69) is 0 Å². The minimum Gasteiger partial charge on any atom is -0.342 e. The van der Waals surface area contributed by atoms with Gasteiger partial charge in [0.15, 0.2) is 0 Å². The van der Waals surface area contributed by atoms with Crippen molar-refractivity contribution in [2.24, 2.45) is 11.7 Å². The Labute approximate surface area is 111 Å². The molecule has 3 nitrogen and oxygen atoms in total. The van der Waals surface area contributed by atoms with Gasteiger partial charge in [0, 0.05) is 31.6 Å². The Bertz CT molecular complexity index is 492. The first-order valence-electron chi connectivity index (χ1n) is 6.37. The molecule has 3 atom stereocenters. The highest BCUT2D eigenvalue weighted by Gasteiger charge is 2.46. The first-order valence-corrected chi connectivity index (χ1v) is 6.37. The molecule has 0 radical (unpaired) electrons. The largest absolute Gasteiger partial charge is 0.342 e. The van der Waals surface area contributed by atoms with Crippen molar-refractivity contribution in [3.63, 3.8) is 0 Å². The molecule has 1 amide bonds. The maximum absolute atomic E-state index is 13.6. The lowest BCUT2D eigenvalue weighted by atomic mass is 10.1. The van der Waals surface area contributed by atoms with Crippen LogP contribution in [-0.4, -0.2) is 30.4 Å². The van der Waals surface area contributed by atoms with Gasteiger partial charge in [-0.25, -0.2) is 8.78 Å². The molecule has 1 saturated carbocycles. The second kappa shape index (κ2) is 5.25.